The number of nitrogens with one attached hydrogen (secondary N) is 1. The summed E-state index contributed by atoms with van der Waals surface area (Å²) in [6.45, 7) is 6.65. The maximum absolute atomic E-state index is 12.6. The Bertz CT molecular complexity index is 793. The molecule has 6 heteroatoms. The molecule has 1 aliphatic heterocycles. The number of thiophene rings is 1. The normalized spacial score (nSPS) is 20.3. The minimum absolute atomic E-state index is 0.0945. The molecule has 1 saturated heterocycles. The van der Waals surface area contributed by atoms with Gasteiger partial charge in [-0.15, -0.1) is 11.3 Å². The number of rotatable bonds is 5. The van der Waals surface area contributed by atoms with Gasteiger partial charge in [0, 0.05) is 24.0 Å². The minimum Gasteiger partial charge on any atom is -0.465 e. The number of likely N-dealkylation sites (tertiary alicyclic amines) is 1. The van der Waals surface area contributed by atoms with Crippen LogP contribution in [-0.4, -0.2) is 43.5 Å². The zero-order chi connectivity index (χ0) is 19.4. The van der Waals surface area contributed by atoms with Crippen molar-refractivity contribution in [3.05, 3.63) is 41.3 Å². The molecule has 27 heavy (non-hydrogen) atoms. The Morgan fingerprint density at radius 3 is 2.48 bits per heavy atom. The van der Waals surface area contributed by atoms with E-state index in [-0.39, 0.29) is 5.91 Å². The minimum atomic E-state index is -0.439. The first-order valence-corrected chi connectivity index (χ1v) is 10.1. The molecule has 1 aliphatic rings. The van der Waals surface area contributed by atoms with Crippen molar-refractivity contribution in [3.63, 3.8) is 0 Å². The molecule has 1 aromatic heterocycles. The summed E-state index contributed by atoms with van der Waals surface area (Å²) in [6, 6.07) is 9.65. The molecule has 1 aromatic carbocycles. The third-order valence-corrected chi connectivity index (χ3v) is 5.73. The zero-order valence-electron chi connectivity index (χ0n) is 16.0. The number of carbonyl (C=O) groups is 2. The standard InChI is InChI=1S/C21H26N2O3S/c1-14-9-15(2)11-23(10-14)12-18(24)22-20-19(21(25)26-3)17(13-27-20)16-7-5-4-6-8-16/h4-8,13-15H,9-12H2,1-3H3,(H,22,24)/t14-,15-/m1/s1. The maximum Gasteiger partial charge on any atom is 0.341 e. The van der Waals surface area contributed by atoms with Gasteiger partial charge in [-0.25, -0.2) is 4.79 Å². The molecule has 1 fully saturated rings. The van der Waals surface area contributed by atoms with E-state index in [1.54, 1.807) is 0 Å². The lowest BCUT2D eigenvalue weighted by Crippen LogP contribution is -2.42. The molecule has 0 saturated carbocycles. The van der Waals surface area contributed by atoms with Crippen molar-refractivity contribution in [3.8, 4) is 11.1 Å². The first-order valence-electron chi connectivity index (χ1n) is 9.25. The number of methoxy groups -OCH3 is 1. The van der Waals surface area contributed by atoms with Gasteiger partial charge in [-0.05, 0) is 23.8 Å². The quantitative estimate of drug-likeness (QED) is 0.786. The van der Waals surface area contributed by atoms with E-state index >= 15 is 0 Å². The van der Waals surface area contributed by atoms with E-state index in [1.807, 2.05) is 35.7 Å². The third kappa shape index (κ3) is 4.76. The number of piperidine rings is 1. The fraction of sp³-hybridized carbons (Fsp3) is 0.429. The van der Waals surface area contributed by atoms with E-state index in [9.17, 15) is 9.59 Å². The van der Waals surface area contributed by atoms with Crippen molar-refractivity contribution >= 4 is 28.2 Å². The van der Waals surface area contributed by atoms with Crippen LogP contribution in [0.4, 0.5) is 5.00 Å². The first kappa shape index (κ1) is 19.6. The smallest absolute Gasteiger partial charge is 0.341 e. The molecule has 3 rings (SSSR count). The van der Waals surface area contributed by atoms with Crippen molar-refractivity contribution in [2.75, 3.05) is 32.1 Å². The van der Waals surface area contributed by atoms with Crippen LogP contribution in [0.1, 0.15) is 30.6 Å². The second-order valence-corrected chi connectivity index (χ2v) is 8.28. The topological polar surface area (TPSA) is 58.6 Å². The first-order chi connectivity index (χ1) is 13.0. The van der Waals surface area contributed by atoms with Crippen LogP contribution in [0.15, 0.2) is 35.7 Å². The molecule has 1 amide bonds. The predicted molar refractivity (Wildman–Crippen MR) is 109 cm³/mol. The summed E-state index contributed by atoms with van der Waals surface area (Å²) >= 11 is 1.35. The molecule has 2 heterocycles. The Morgan fingerprint density at radius 2 is 1.85 bits per heavy atom. The highest BCUT2D eigenvalue weighted by molar-refractivity contribution is 7.15. The van der Waals surface area contributed by atoms with Crippen molar-refractivity contribution in [2.24, 2.45) is 11.8 Å². The Kier molecular flexibility index (Phi) is 6.29. The lowest BCUT2D eigenvalue weighted by atomic mass is 9.92. The second-order valence-electron chi connectivity index (χ2n) is 7.40. The largest absolute Gasteiger partial charge is 0.465 e. The van der Waals surface area contributed by atoms with Crippen molar-refractivity contribution in [1.82, 2.24) is 4.90 Å². The molecule has 1 N–H and O–H groups in total. The Morgan fingerprint density at radius 1 is 1.19 bits per heavy atom. The number of hydrogen-bond acceptors (Lipinski definition) is 5. The molecule has 5 nitrogen and oxygen atoms in total. The number of amides is 1. The maximum atomic E-state index is 12.6. The van der Waals surface area contributed by atoms with Gasteiger partial charge in [-0.3, -0.25) is 9.69 Å². The van der Waals surface area contributed by atoms with Gasteiger partial charge in [-0.1, -0.05) is 44.2 Å². The van der Waals surface area contributed by atoms with Crippen LogP contribution in [-0.2, 0) is 9.53 Å². The number of anilines is 1. The molecule has 0 radical (unpaired) electrons. The molecule has 144 valence electrons. The average Bonchev–Trinajstić information content (AvgIpc) is 3.04. The van der Waals surface area contributed by atoms with Gasteiger partial charge in [0.15, 0.2) is 0 Å². The summed E-state index contributed by atoms with van der Waals surface area (Å²) in [5, 5.41) is 5.37. The lowest BCUT2D eigenvalue weighted by Gasteiger charge is -2.34. The number of esters is 1. The van der Waals surface area contributed by atoms with E-state index in [4.69, 9.17) is 4.74 Å². The lowest BCUT2D eigenvalue weighted by molar-refractivity contribution is -0.117. The molecule has 2 aromatic rings. The summed E-state index contributed by atoms with van der Waals surface area (Å²) in [4.78, 5) is 27.2. The van der Waals surface area contributed by atoms with Gasteiger partial charge in [0.1, 0.15) is 10.6 Å². The van der Waals surface area contributed by atoms with Crippen LogP contribution in [0.5, 0.6) is 0 Å². The van der Waals surface area contributed by atoms with Crippen molar-refractivity contribution < 1.29 is 14.3 Å². The van der Waals surface area contributed by atoms with Gasteiger partial charge in [0.05, 0.1) is 13.7 Å². The number of nitrogens with zero attached hydrogens (tertiary/aromatic N) is 1. The zero-order valence-corrected chi connectivity index (χ0v) is 16.8. The second kappa shape index (κ2) is 8.67. The summed E-state index contributed by atoms with van der Waals surface area (Å²) in [7, 11) is 1.36. The molecule has 0 bridgehead atoms. The Balaban J connectivity index is 1.77. The molecule has 2 atom stereocenters. The van der Waals surface area contributed by atoms with Gasteiger partial charge >= 0.3 is 5.97 Å². The summed E-state index contributed by atoms with van der Waals surface area (Å²) in [5.41, 5.74) is 2.12. The Hall–Kier alpha value is -2.18. The number of ether oxygens (including phenoxy) is 1. The summed E-state index contributed by atoms with van der Waals surface area (Å²) < 4.78 is 4.96. The van der Waals surface area contributed by atoms with Crippen molar-refractivity contribution in [2.45, 2.75) is 20.3 Å². The molecule has 0 spiro atoms. The van der Waals surface area contributed by atoms with Gasteiger partial charge in [0.25, 0.3) is 0 Å². The molecule has 0 unspecified atom stereocenters. The van der Waals surface area contributed by atoms with Crippen LogP contribution >= 0.6 is 11.3 Å². The Labute approximate surface area is 164 Å². The van der Waals surface area contributed by atoms with E-state index < -0.39 is 5.97 Å². The molecule has 0 aliphatic carbocycles. The third-order valence-electron chi connectivity index (χ3n) is 4.83. The van der Waals surface area contributed by atoms with E-state index in [2.05, 4.69) is 24.1 Å². The van der Waals surface area contributed by atoms with Crippen LogP contribution < -0.4 is 5.32 Å². The fourth-order valence-electron chi connectivity index (χ4n) is 3.88. The van der Waals surface area contributed by atoms with Crippen LogP contribution in [0, 0.1) is 11.8 Å². The van der Waals surface area contributed by atoms with Gasteiger partial charge < -0.3 is 10.1 Å². The highest BCUT2D eigenvalue weighted by atomic mass is 32.1. The van der Waals surface area contributed by atoms with E-state index in [0.717, 1.165) is 24.2 Å². The van der Waals surface area contributed by atoms with Crippen LogP contribution in [0.25, 0.3) is 11.1 Å². The van der Waals surface area contributed by atoms with Gasteiger partial charge in [0.2, 0.25) is 5.91 Å². The van der Waals surface area contributed by atoms with Crippen molar-refractivity contribution in [1.29, 1.82) is 0 Å². The molecular formula is C21H26N2O3S. The monoisotopic (exact) mass is 386 g/mol. The SMILES string of the molecule is COC(=O)c1c(-c2ccccc2)csc1NC(=O)CN1C[C@H](C)C[C@@H](C)C1. The fourth-order valence-corrected chi connectivity index (χ4v) is 4.85. The summed E-state index contributed by atoms with van der Waals surface area (Å²) in [5.74, 6) is 0.658. The van der Waals surface area contributed by atoms with E-state index in [0.29, 0.717) is 28.9 Å². The number of carbonyl (C=O) groups excluding carboxylic acids is 2. The van der Waals surface area contributed by atoms with E-state index in [1.165, 1.54) is 24.9 Å². The van der Waals surface area contributed by atoms with Crippen LogP contribution in [0.2, 0.25) is 0 Å². The average molecular weight is 387 g/mol. The number of hydrogen-bond donors (Lipinski definition) is 1. The van der Waals surface area contributed by atoms with Crippen LogP contribution in [0.3, 0.4) is 0 Å². The molecular weight excluding hydrogens is 360 g/mol. The summed E-state index contributed by atoms with van der Waals surface area (Å²) in [6.07, 6.45) is 1.20. The number of benzene rings is 1. The van der Waals surface area contributed by atoms with Gasteiger partial charge in [-0.2, -0.15) is 0 Å². The highest BCUT2D eigenvalue weighted by Crippen LogP contribution is 2.36. The predicted octanol–water partition coefficient (Wildman–Crippen LogP) is 4.12. The highest BCUT2D eigenvalue weighted by Gasteiger charge is 2.25.